The normalized spacial score (nSPS) is 12.6. The van der Waals surface area contributed by atoms with E-state index in [0.29, 0.717) is 16.1 Å². The molecule has 2 rings (SSSR count). The quantitative estimate of drug-likeness (QED) is 0.867. The zero-order valence-electron chi connectivity index (χ0n) is 8.92. The third-order valence-electron chi connectivity index (χ3n) is 2.13. The zero-order valence-corrected chi connectivity index (χ0v) is 10.5. The van der Waals surface area contributed by atoms with Crippen LogP contribution in [0.5, 0.6) is 0 Å². The molecule has 0 amide bonds. The number of nitrogens with zero attached hydrogens (tertiary/aromatic N) is 2. The number of aliphatic carboxylic acids is 1. The fourth-order valence-corrected chi connectivity index (χ4v) is 2.25. The maximum atomic E-state index is 10.8. The number of thioether (sulfide) groups is 1. The summed E-state index contributed by atoms with van der Waals surface area (Å²) in [6.45, 7) is 1.58. The summed E-state index contributed by atoms with van der Waals surface area (Å²) < 4.78 is 0. The van der Waals surface area contributed by atoms with Gasteiger partial charge in [0.25, 0.3) is 0 Å². The third-order valence-corrected chi connectivity index (χ3v) is 3.57. The number of halogens is 1. The Morgan fingerprint density at radius 2 is 1.94 bits per heavy atom. The number of hydrogen-bond acceptors (Lipinski definition) is 4. The number of carbonyl (C=O) groups is 1. The molecule has 17 heavy (non-hydrogen) atoms. The van der Waals surface area contributed by atoms with Crippen molar-refractivity contribution in [2.45, 2.75) is 17.2 Å². The Kier molecular flexibility index (Phi) is 3.49. The average molecular weight is 269 g/mol. The molecule has 0 aliphatic carbocycles. The van der Waals surface area contributed by atoms with E-state index >= 15 is 0 Å². The second-order valence-corrected chi connectivity index (χ2v) is 5.09. The molecule has 88 valence electrons. The number of aromatic nitrogens is 2. The summed E-state index contributed by atoms with van der Waals surface area (Å²) in [5.41, 5.74) is 1.40. The van der Waals surface area contributed by atoms with Crippen LogP contribution in [-0.2, 0) is 4.79 Å². The molecule has 0 saturated heterocycles. The molecule has 0 aliphatic heterocycles. The van der Waals surface area contributed by atoms with Crippen LogP contribution in [0.15, 0.2) is 29.3 Å². The first-order chi connectivity index (χ1) is 8.08. The lowest BCUT2D eigenvalue weighted by atomic mass is 10.3. The fourth-order valence-electron chi connectivity index (χ4n) is 1.26. The number of fused-ring (bicyclic) bond motifs is 1. The SMILES string of the molecule is C[C@@H](Sc1nc2ccccc2nc1Cl)C(=O)O. The second-order valence-electron chi connectivity index (χ2n) is 3.41. The minimum Gasteiger partial charge on any atom is -0.480 e. The molecule has 0 radical (unpaired) electrons. The Bertz CT molecular complexity index is 576. The standard InChI is InChI=1S/C11H9ClN2O2S/c1-6(11(15)16)17-10-9(12)13-7-4-2-3-5-8(7)14-10/h2-6H,1H3,(H,15,16)/t6-/m1/s1. The lowest BCUT2D eigenvalue weighted by Gasteiger charge is -2.07. The number of rotatable bonds is 3. The molecule has 1 atom stereocenters. The largest absolute Gasteiger partial charge is 0.480 e. The van der Waals surface area contributed by atoms with Gasteiger partial charge in [0.1, 0.15) is 10.3 Å². The Morgan fingerprint density at radius 1 is 1.35 bits per heavy atom. The molecular weight excluding hydrogens is 260 g/mol. The topological polar surface area (TPSA) is 63.1 Å². The van der Waals surface area contributed by atoms with Crippen molar-refractivity contribution in [1.29, 1.82) is 0 Å². The van der Waals surface area contributed by atoms with Gasteiger partial charge in [-0.2, -0.15) is 0 Å². The molecule has 6 heteroatoms. The summed E-state index contributed by atoms with van der Waals surface area (Å²) in [5, 5.41) is 8.91. The van der Waals surface area contributed by atoms with Crippen molar-refractivity contribution in [1.82, 2.24) is 9.97 Å². The minimum absolute atomic E-state index is 0.238. The highest BCUT2D eigenvalue weighted by atomic mass is 35.5. The van der Waals surface area contributed by atoms with E-state index in [-0.39, 0.29) is 5.15 Å². The molecule has 0 saturated carbocycles. The van der Waals surface area contributed by atoms with Crippen LogP contribution in [0, 0.1) is 0 Å². The summed E-state index contributed by atoms with van der Waals surface area (Å²) in [6, 6.07) is 7.32. The van der Waals surface area contributed by atoms with Crippen molar-refractivity contribution >= 4 is 40.4 Å². The Morgan fingerprint density at radius 3 is 2.53 bits per heavy atom. The molecule has 2 aromatic rings. The average Bonchev–Trinajstić information content (AvgIpc) is 2.29. The van der Waals surface area contributed by atoms with E-state index in [0.717, 1.165) is 11.8 Å². The van der Waals surface area contributed by atoms with Crippen molar-refractivity contribution in [2.75, 3.05) is 0 Å². The van der Waals surface area contributed by atoms with Gasteiger partial charge < -0.3 is 5.11 Å². The fraction of sp³-hybridized carbons (Fsp3) is 0.182. The van der Waals surface area contributed by atoms with E-state index < -0.39 is 11.2 Å². The first-order valence-electron chi connectivity index (χ1n) is 4.89. The van der Waals surface area contributed by atoms with Crippen LogP contribution in [0.4, 0.5) is 0 Å². The van der Waals surface area contributed by atoms with E-state index in [2.05, 4.69) is 9.97 Å². The van der Waals surface area contributed by atoms with Crippen LogP contribution >= 0.6 is 23.4 Å². The van der Waals surface area contributed by atoms with Gasteiger partial charge in [0, 0.05) is 0 Å². The van der Waals surface area contributed by atoms with Gasteiger partial charge in [-0.3, -0.25) is 4.79 Å². The number of carboxylic acid groups (broad SMARTS) is 1. The smallest absolute Gasteiger partial charge is 0.316 e. The molecule has 0 spiro atoms. The maximum Gasteiger partial charge on any atom is 0.316 e. The third kappa shape index (κ3) is 2.68. The van der Waals surface area contributed by atoms with E-state index in [1.165, 1.54) is 0 Å². The van der Waals surface area contributed by atoms with Crippen molar-refractivity contribution in [3.8, 4) is 0 Å². The van der Waals surface area contributed by atoms with Crippen molar-refractivity contribution in [3.63, 3.8) is 0 Å². The summed E-state index contributed by atoms with van der Waals surface area (Å²) in [7, 11) is 0. The zero-order chi connectivity index (χ0) is 12.4. The Balaban J connectivity index is 2.40. The lowest BCUT2D eigenvalue weighted by molar-refractivity contribution is -0.136. The molecule has 4 nitrogen and oxygen atoms in total. The molecule has 0 bridgehead atoms. The van der Waals surface area contributed by atoms with E-state index in [4.69, 9.17) is 16.7 Å². The van der Waals surface area contributed by atoms with Crippen molar-refractivity contribution in [2.24, 2.45) is 0 Å². The Labute approximate surface area is 107 Å². The van der Waals surface area contributed by atoms with E-state index in [1.54, 1.807) is 6.92 Å². The number of hydrogen-bond donors (Lipinski definition) is 1. The Hall–Kier alpha value is -1.33. The van der Waals surface area contributed by atoms with Gasteiger partial charge in [-0.15, -0.1) is 0 Å². The maximum absolute atomic E-state index is 10.8. The molecule has 1 heterocycles. The van der Waals surface area contributed by atoms with Crippen molar-refractivity contribution < 1.29 is 9.90 Å². The molecule has 1 aromatic heterocycles. The first-order valence-corrected chi connectivity index (χ1v) is 6.15. The predicted molar refractivity (Wildman–Crippen MR) is 67.5 cm³/mol. The molecule has 0 unspecified atom stereocenters. The monoisotopic (exact) mass is 268 g/mol. The highest BCUT2D eigenvalue weighted by molar-refractivity contribution is 8.00. The van der Waals surface area contributed by atoms with Gasteiger partial charge in [-0.1, -0.05) is 35.5 Å². The number of carboxylic acids is 1. The van der Waals surface area contributed by atoms with Gasteiger partial charge in [0.05, 0.1) is 11.0 Å². The summed E-state index contributed by atoms with van der Waals surface area (Å²) in [6.07, 6.45) is 0. The molecule has 0 fully saturated rings. The van der Waals surface area contributed by atoms with Crippen LogP contribution < -0.4 is 0 Å². The molecule has 0 aliphatic rings. The predicted octanol–water partition coefficient (Wildman–Crippen LogP) is 2.85. The van der Waals surface area contributed by atoms with Crippen LogP contribution in [0.3, 0.4) is 0 Å². The van der Waals surface area contributed by atoms with Crippen LogP contribution in [0.25, 0.3) is 11.0 Å². The van der Waals surface area contributed by atoms with Gasteiger partial charge >= 0.3 is 5.97 Å². The minimum atomic E-state index is -0.902. The van der Waals surface area contributed by atoms with Gasteiger partial charge in [-0.05, 0) is 19.1 Å². The van der Waals surface area contributed by atoms with Gasteiger partial charge in [0.2, 0.25) is 0 Å². The molecule has 1 aromatic carbocycles. The summed E-state index contributed by atoms with van der Waals surface area (Å²) in [5.74, 6) is -0.902. The highest BCUT2D eigenvalue weighted by Crippen LogP contribution is 2.29. The summed E-state index contributed by atoms with van der Waals surface area (Å²) >= 11 is 7.05. The molecule has 1 N–H and O–H groups in total. The number of para-hydroxylation sites is 2. The number of benzene rings is 1. The van der Waals surface area contributed by atoms with Crippen molar-refractivity contribution in [3.05, 3.63) is 29.4 Å². The first kappa shape index (κ1) is 12.1. The van der Waals surface area contributed by atoms with Gasteiger partial charge in [0.15, 0.2) is 5.15 Å². The second kappa shape index (κ2) is 4.89. The van der Waals surface area contributed by atoms with Crippen LogP contribution in [0.1, 0.15) is 6.92 Å². The van der Waals surface area contributed by atoms with E-state index in [1.807, 2.05) is 24.3 Å². The summed E-state index contributed by atoms with van der Waals surface area (Å²) in [4.78, 5) is 19.2. The van der Waals surface area contributed by atoms with Crippen LogP contribution in [0.2, 0.25) is 5.15 Å². The highest BCUT2D eigenvalue weighted by Gasteiger charge is 2.16. The molecular formula is C11H9ClN2O2S. The van der Waals surface area contributed by atoms with Crippen LogP contribution in [-0.4, -0.2) is 26.3 Å². The van der Waals surface area contributed by atoms with E-state index in [9.17, 15) is 4.79 Å². The van der Waals surface area contributed by atoms with Gasteiger partial charge in [-0.25, -0.2) is 9.97 Å². The lowest BCUT2D eigenvalue weighted by Crippen LogP contribution is -2.11.